The van der Waals surface area contributed by atoms with Crippen molar-refractivity contribution in [2.45, 2.75) is 31.7 Å². The summed E-state index contributed by atoms with van der Waals surface area (Å²) in [5.41, 5.74) is 9.84. The highest BCUT2D eigenvalue weighted by molar-refractivity contribution is 7.98. The average Bonchev–Trinajstić information content (AvgIpc) is 3.19. The first-order chi connectivity index (χ1) is 15.4. The van der Waals surface area contributed by atoms with Gasteiger partial charge in [0, 0.05) is 28.1 Å². The Morgan fingerprint density at radius 1 is 0.875 bits per heavy atom. The zero-order valence-electron chi connectivity index (χ0n) is 17.9. The van der Waals surface area contributed by atoms with Crippen molar-refractivity contribution in [1.82, 2.24) is 20.8 Å². The highest BCUT2D eigenvalue weighted by Gasteiger charge is 2.14. The fourth-order valence-electron chi connectivity index (χ4n) is 3.18. The van der Waals surface area contributed by atoms with Gasteiger partial charge in [-0.25, -0.2) is 9.97 Å². The van der Waals surface area contributed by atoms with Gasteiger partial charge in [0.15, 0.2) is 10.9 Å². The molecule has 2 aromatic carbocycles. The van der Waals surface area contributed by atoms with Crippen LogP contribution in [0.4, 0.5) is 0 Å². The molecule has 2 heterocycles. The van der Waals surface area contributed by atoms with Crippen molar-refractivity contribution in [2.24, 2.45) is 0 Å². The molecular weight excluding hydrogens is 424 g/mol. The fourth-order valence-corrected chi connectivity index (χ4v) is 4.09. The number of fused-ring (bicyclic) bond motifs is 1. The lowest BCUT2D eigenvalue weighted by molar-refractivity contribution is 0.0832. The first-order valence-electron chi connectivity index (χ1n) is 10.0. The predicted octanol–water partition coefficient (Wildman–Crippen LogP) is 4.52. The van der Waals surface area contributed by atoms with Crippen LogP contribution in [0.5, 0.6) is 0 Å². The summed E-state index contributed by atoms with van der Waals surface area (Å²) in [7, 11) is 0. The zero-order chi connectivity index (χ0) is 22.7. The molecule has 0 radical (unpaired) electrons. The first-order valence-corrected chi connectivity index (χ1v) is 11.0. The summed E-state index contributed by atoms with van der Waals surface area (Å²) >= 11 is 1.54. The molecule has 0 aliphatic carbocycles. The molecule has 0 saturated heterocycles. The van der Waals surface area contributed by atoms with Gasteiger partial charge in [-0.15, -0.1) is 0 Å². The topological polar surface area (TPSA) is 97.1 Å². The maximum atomic E-state index is 12.4. The molecule has 0 saturated carbocycles. The predicted molar refractivity (Wildman–Crippen MR) is 123 cm³/mol. The fraction of sp³-hybridized carbons (Fsp3) is 0.167. The Morgan fingerprint density at radius 3 is 2.28 bits per heavy atom. The van der Waals surface area contributed by atoms with Crippen LogP contribution in [-0.4, -0.2) is 21.8 Å². The number of carbonyl (C=O) groups excluding carboxylic acids is 2. The quantitative estimate of drug-likeness (QED) is 0.266. The molecule has 8 heteroatoms. The molecule has 0 aliphatic rings. The van der Waals surface area contributed by atoms with Gasteiger partial charge in [-0.3, -0.25) is 20.4 Å². The number of thioether (sulfide) groups is 1. The number of furan rings is 1. The Labute approximate surface area is 189 Å². The van der Waals surface area contributed by atoms with E-state index in [-0.39, 0.29) is 5.76 Å². The van der Waals surface area contributed by atoms with E-state index in [9.17, 15) is 9.59 Å². The highest BCUT2D eigenvalue weighted by Crippen LogP contribution is 2.21. The van der Waals surface area contributed by atoms with E-state index >= 15 is 0 Å². The lowest BCUT2D eigenvalue weighted by Crippen LogP contribution is -2.41. The number of amides is 2. The summed E-state index contributed by atoms with van der Waals surface area (Å²) in [5.74, 6) is -0.116. The van der Waals surface area contributed by atoms with Crippen LogP contribution >= 0.6 is 11.8 Å². The minimum absolute atomic E-state index is 0.131. The molecule has 4 aromatic rings. The van der Waals surface area contributed by atoms with Crippen molar-refractivity contribution in [1.29, 1.82) is 0 Å². The molecule has 32 heavy (non-hydrogen) atoms. The minimum atomic E-state index is -0.520. The maximum absolute atomic E-state index is 12.4. The van der Waals surface area contributed by atoms with Crippen LogP contribution in [0, 0.1) is 20.8 Å². The van der Waals surface area contributed by atoms with Crippen molar-refractivity contribution in [2.75, 3.05) is 0 Å². The molecule has 0 unspecified atom stereocenters. The number of nitrogens with zero attached hydrogens (tertiary/aromatic N) is 2. The minimum Gasteiger partial charge on any atom is -0.451 e. The van der Waals surface area contributed by atoms with Crippen molar-refractivity contribution in [3.05, 3.63) is 88.4 Å². The zero-order valence-corrected chi connectivity index (χ0v) is 18.7. The van der Waals surface area contributed by atoms with E-state index in [2.05, 4.69) is 20.8 Å². The smallest absolute Gasteiger partial charge is 0.305 e. The summed E-state index contributed by atoms with van der Waals surface area (Å²) in [6, 6.07) is 16.4. The van der Waals surface area contributed by atoms with Gasteiger partial charge in [-0.05, 0) is 62.7 Å². The number of hydrazine groups is 1. The van der Waals surface area contributed by atoms with Crippen LogP contribution in [-0.2, 0) is 5.75 Å². The first kappa shape index (κ1) is 21.6. The summed E-state index contributed by atoms with van der Waals surface area (Å²) in [5, 5.41) is 1.56. The van der Waals surface area contributed by atoms with Gasteiger partial charge in [0.25, 0.3) is 5.91 Å². The van der Waals surface area contributed by atoms with E-state index < -0.39 is 11.8 Å². The molecule has 2 amide bonds. The SMILES string of the molecule is Cc1ccc2oc(C(=O)NNC(=O)c3ccc(CSc4nc(C)cc(C)n4)cc3)cc2c1. The van der Waals surface area contributed by atoms with Gasteiger partial charge < -0.3 is 4.42 Å². The van der Waals surface area contributed by atoms with Crippen LogP contribution in [0.1, 0.15) is 43.4 Å². The van der Waals surface area contributed by atoms with Crippen molar-refractivity contribution in [3.63, 3.8) is 0 Å². The van der Waals surface area contributed by atoms with E-state index in [1.807, 2.05) is 57.2 Å². The van der Waals surface area contributed by atoms with Crippen LogP contribution in [0.2, 0.25) is 0 Å². The standard InChI is InChI=1S/C24H22N4O3S/c1-14-4-9-20-19(10-14)12-21(31-20)23(30)28-27-22(29)18-7-5-17(6-8-18)13-32-24-25-15(2)11-16(3)26-24/h4-12H,13H2,1-3H3,(H,27,29)(H,28,30). The normalized spacial score (nSPS) is 10.8. The van der Waals surface area contributed by atoms with E-state index in [4.69, 9.17) is 4.42 Å². The monoisotopic (exact) mass is 446 g/mol. The lowest BCUT2D eigenvalue weighted by atomic mass is 10.1. The second kappa shape index (κ2) is 9.23. The molecule has 0 bridgehead atoms. The number of hydrogen-bond acceptors (Lipinski definition) is 6. The molecule has 2 aromatic heterocycles. The molecule has 0 spiro atoms. The lowest BCUT2D eigenvalue weighted by Gasteiger charge is -2.07. The number of nitrogens with one attached hydrogen (secondary N) is 2. The number of rotatable bonds is 5. The van der Waals surface area contributed by atoms with E-state index in [0.717, 1.165) is 33.1 Å². The van der Waals surface area contributed by atoms with E-state index in [0.29, 0.717) is 16.9 Å². The highest BCUT2D eigenvalue weighted by atomic mass is 32.2. The van der Waals surface area contributed by atoms with Gasteiger partial charge in [0.1, 0.15) is 5.58 Å². The second-order valence-corrected chi connectivity index (χ2v) is 8.42. The van der Waals surface area contributed by atoms with Gasteiger partial charge in [0.05, 0.1) is 0 Å². The maximum Gasteiger partial charge on any atom is 0.305 e. The number of benzene rings is 2. The Hall–Kier alpha value is -3.65. The van der Waals surface area contributed by atoms with Gasteiger partial charge in [0.2, 0.25) is 0 Å². The molecule has 2 N–H and O–H groups in total. The molecule has 0 fully saturated rings. The van der Waals surface area contributed by atoms with Gasteiger partial charge in [-0.2, -0.15) is 0 Å². The van der Waals surface area contributed by atoms with Crippen molar-refractivity contribution in [3.8, 4) is 0 Å². The summed E-state index contributed by atoms with van der Waals surface area (Å²) in [6.45, 7) is 5.85. The molecule has 7 nitrogen and oxygen atoms in total. The molecule has 162 valence electrons. The Balaban J connectivity index is 1.32. The van der Waals surface area contributed by atoms with Crippen LogP contribution in [0.15, 0.2) is 64.2 Å². The Kier molecular flexibility index (Phi) is 6.23. The Morgan fingerprint density at radius 2 is 1.56 bits per heavy atom. The van der Waals surface area contributed by atoms with Gasteiger partial charge >= 0.3 is 5.91 Å². The third-order valence-corrected chi connectivity index (χ3v) is 5.65. The Bertz CT molecular complexity index is 1280. The van der Waals surface area contributed by atoms with Crippen LogP contribution in [0.25, 0.3) is 11.0 Å². The third kappa shape index (κ3) is 5.15. The molecule has 0 aliphatic heterocycles. The van der Waals surface area contributed by atoms with Crippen molar-refractivity contribution < 1.29 is 14.0 Å². The van der Waals surface area contributed by atoms with Crippen LogP contribution < -0.4 is 10.9 Å². The third-order valence-electron chi connectivity index (χ3n) is 4.73. The number of carbonyl (C=O) groups is 2. The average molecular weight is 447 g/mol. The van der Waals surface area contributed by atoms with E-state index in [1.165, 1.54) is 0 Å². The van der Waals surface area contributed by atoms with E-state index in [1.54, 1.807) is 30.0 Å². The summed E-state index contributed by atoms with van der Waals surface area (Å²) in [4.78, 5) is 33.5. The van der Waals surface area contributed by atoms with Crippen molar-refractivity contribution >= 4 is 34.5 Å². The largest absolute Gasteiger partial charge is 0.451 e. The van der Waals surface area contributed by atoms with Gasteiger partial charge in [-0.1, -0.05) is 35.5 Å². The number of aromatic nitrogens is 2. The molecule has 4 rings (SSSR count). The summed E-state index contributed by atoms with van der Waals surface area (Å²) < 4.78 is 5.54. The molecule has 0 atom stereocenters. The number of aryl methyl sites for hydroxylation is 3. The number of hydrogen-bond donors (Lipinski definition) is 2. The molecular formula is C24H22N4O3S. The second-order valence-electron chi connectivity index (χ2n) is 7.48. The summed E-state index contributed by atoms with van der Waals surface area (Å²) in [6.07, 6.45) is 0. The van der Waals surface area contributed by atoms with Crippen LogP contribution in [0.3, 0.4) is 0 Å².